The Morgan fingerprint density at radius 1 is 1.11 bits per heavy atom. The Morgan fingerprint density at radius 2 is 1.89 bits per heavy atom. The number of ether oxygens (including phenoxy) is 2. The minimum Gasteiger partial charge on any atom is -0.504 e. The first-order chi connectivity index (χ1) is 13.7. The average Bonchev–Trinajstić information content (AvgIpc) is 3.11. The molecule has 0 atom stereocenters. The lowest BCUT2D eigenvalue weighted by atomic mass is 10.1. The highest BCUT2D eigenvalue weighted by Crippen LogP contribution is 2.34. The van der Waals surface area contributed by atoms with Crippen LogP contribution in [0.5, 0.6) is 17.2 Å². The number of aromatic hydroxyl groups is 1. The number of thiazole rings is 1. The Hall–Kier alpha value is -2.73. The van der Waals surface area contributed by atoms with Gasteiger partial charge < -0.3 is 19.9 Å². The van der Waals surface area contributed by atoms with Crippen molar-refractivity contribution < 1.29 is 14.6 Å². The normalized spacial score (nSPS) is 10.7. The predicted octanol–water partition coefficient (Wildman–Crippen LogP) is 5.49. The van der Waals surface area contributed by atoms with E-state index >= 15 is 0 Å². The maximum Gasteiger partial charge on any atom is 0.183 e. The first-order valence-corrected chi connectivity index (χ1v) is 10.3. The fourth-order valence-corrected chi connectivity index (χ4v) is 4.05. The molecule has 148 valence electrons. The van der Waals surface area contributed by atoms with Crippen LogP contribution in [0.15, 0.2) is 42.5 Å². The molecular formula is C22H26N2O3S. The zero-order valence-electron chi connectivity index (χ0n) is 16.5. The van der Waals surface area contributed by atoms with Crippen LogP contribution in [0.1, 0.15) is 30.7 Å². The van der Waals surface area contributed by atoms with Crippen molar-refractivity contribution in [3.63, 3.8) is 0 Å². The summed E-state index contributed by atoms with van der Waals surface area (Å²) < 4.78 is 10.7. The SMILES string of the molecule is CCCc1sc(NCc2cccc(OC)c2O)nc1-c1ccc(OCC)cc1. The Bertz CT molecular complexity index is 907. The molecule has 0 aliphatic carbocycles. The molecule has 0 spiro atoms. The molecule has 6 heteroatoms. The van der Waals surface area contributed by atoms with Gasteiger partial charge in [-0.15, -0.1) is 11.3 Å². The number of methoxy groups -OCH3 is 1. The topological polar surface area (TPSA) is 63.6 Å². The van der Waals surface area contributed by atoms with Gasteiger partial charge >= 0.3 is 0 Å². The van der Waals surface area contributed by atoms with Gasteiger partial charge in [-0.05, 0) is 43.7 Å². The van der Waals surface area contributed by atoms with E-state index in [9.17, 15) is 5.11 Å². The lowest BCUT2D eigenvalue weighted by Crippen LogP contribution is -2.00. The van der Waals surface area contributed by atoms with Crippen molar-refractivity contribution in [3.05, 3.63) is 52.9 Å². The maximum absolute atomic E-state index is 10.3. The molecular weight excluding hydrogens is 372 g/mol. The molecule has 3 aromatic rings. The van der Waals surface area contributed by atoms with E-state index in [1.807, 2.05) is 31.2 Å². The van der Waals surface area contributed by atoms with Crippen LogP contribution in [-0.4, -0.2) is 23.8 Å². The molecule has 0 amide bonds. The minimum absolute atomic E-state index is 0.162. The highest BCUT2D eigenvalue weighted by Gasteiger charge is 2.14. The summed E-state index contributed by atoms with van der Waals surface area (Å²) in [6.45, 7) is 5.28. The summed E-state index contributed by atoms with van der Waals surface area (Å²) in [7, 11) is 1.55. The van der Waals surface area contributed by atoms with Gasteiger partial charge in [0.1, 0.15) is 5.75 Å². The standard InChI is InChI=1S/C22H26N2O3S/c1-4-7-19-20(15-10-12-17(13-11-15)27-5-2)24-22(28-19)23-14-16-8-6-9-18(26-3)21(16)25/h6,8-13,25H,4-5,7,14H2,1-3H3,(H,23,24). The molecule has 1 aromatic heterocycles. The number of phenols is 1. The quantitative estimate of drug-likeness (QED) is 0.499. The monoisotopic (exact) mass is 398 g/mol. The van der Waals surface area contributed by atoms with E-state index in [2.05, 4.69) is 24.4 Å². The van der Waals surface area contributed by atoms with Crippen LogP contribution in [0, 0.1) is 0 Å². The number of anilines is 1. The van der Waals surface area contributed by atoms with Crippen molar-refractivity contribution in [2.45, 2.75) is 33.2 Å². The van der Waals surface area contributed by atoms with Crippen LogP contribution in [0.25, 0.3) is 11.3 Å². The summed E-state index contributed by atoms with van der Waals surface area (Å²) in [6.07, 6.45) is 2.04. The number of benzene rings is 2. The summed E-state index contributed by atoms with van der Waals surface area (Å²) in [5.41, 5.74) is 2.86. The Morgan fingerprint density at radius 3 is 2.57 bits per heavy atom. The van der Waals surface area contributed by atoms with E-state index in [1.54, 1.807) is 24.5 Å². The summed E-state index contributed by atoms with van der Waals surface area (Å²) in [5.74, 6) is 1.50. The summed E-state index contributed by atoms with van der Waals surface area (Å²) in [4.78, 5) is 6.07. The molecule has 3 rings (SSSR count). The number of para-hydroxylation sites is 1. The third-order valence-corrected chi connectivity index (χ3v) is 5.42. The first kappa shape index (κ1) is 20.0. The molecule has 0 unspecified atom stereocenters. The lowest BCUT2D eigenvalue weighted by molar-refractivity contribution is 0.340. The second-order valence-electron chi connectivity index (χ2n) is 6.32. The molecule has 0 saturated heterocycles. The number of aromatic nitrogens is 1. The molecule has 5 nitrogen and oxygen atoms in total. The zero-order valence-corrected chi connectivity index (χ0v) is 17.3. The molecule has 0 aliphatic heterocycles. The number of rotatable bonds is 9. The fraction of sp³-hybridized carbons (Fsp3) is 0.318. The van der Waals surface area contributed by atoms with Crippen molar-refractivity contribution >= 4 is 16.5 Å². The molecule has 0 fully saturated rings. The number of nitrogens with one attached hydrogen (secondary N) is 1. The highest BCUT2D eigenvalue weighted by molar-refractivity contribution is 7.16. The van der Waals surface area contributed by atoms with E-state index < -0.39 is 0 Å². The third kappa shape index (κ3) is 4.57. The van der Waals surface area contributed by atoms with Gasteiger partial charge in [0.2, 0.25) is 0 Å². The van der Waals surface area contributed by atoms with Crippen LogP contribution < -0.4 is 14.8 Å². The van der Waals surface area contributed by atoms with E-state index in [-0.39, 0.29) is 5.75 Å². The minimum atomic E-state index is 0.162. The van der Waals surface area contributed by atoms with Gasteiger partial charge in [0.15, 0.2) is 16.6 Å². The van der Waals surface area contributed by atoms with Crippen LogP contribution in [0.4, 0.5) is 5.13 Å². The van der Waals surface area contributed by atoms with Crippen molar-refractivity contribution in [1.82, 2.24) is 4.98 Å². The average molecular weight is 399 g/mol. The number of phenolic OH excluding ortho intramolecular Hbond substituents is 1. The first-order valence-electron chi connectivity index (χ1n) is 9.47. The van der Waals surface area contributed by atoms with Crippen molar-refractivity contribution in [1.29, 1.82) is 0 Å². The molecule has 1 heterocycles. The summed E-state index contributed by atoms with van der Waals surface area (Å²) in [6, 6.07) is 13.5. The van der Waals surface area contributed by atoms with Gasteiger partial charge in [0, 0.05) is 22.5 Å². The largest absolute Gasteiger partial charge is 0.504 e. The number of hydrogen-bond donors (Lipinski definition) is 2. The summed E-state index contributed by atoms with van der Waals surface area (Å²) >= 11 is 1.66. The molecule has 28 heavy (non-hydrogen) atoms. The Kier molecular flexibility index (Phi) is 6.76. The van der Waals surface area contributed by atoms with E-state index in [1.165, 1.54) is 4.88 Å². The molecule has 0 radical (unpaired) electrons. The second-order valence-corrected chi connectivity index (χ2v) is 7.40. The Balaban J connectivity index is 1.80. The highest BCUT2D eigenvalue weighted by atomic mass is 32.1. The lowest BCUT2D eigenvalue weighted by Gasteiger charge is -2.09. The van der Waals surface area contributed by atoms with E-state index in [0.717, 1.165) is 40.5 Å². The van der Waals surface area contributed by atoms with Crippen molar-refractivity contribution in [3.8, 4) is 28.5 Å². The molecule has 0 aliphatic rings. The Labute approximate surface area is 170 Å². The van der Waals surface area contributed by atoms with Gasteiger partial charge in [0.05, 0.1) is 19.4 Å². The molecule has 2 aromatic carbocycles. The second kappa shape index (κ2) is 9.46. The van der Waals surface area contributed by atoms with Crippen LogP contribution >= 0.6 is 11.3 Å². The van der Waals surface area contributed by atoms with Gasteiger partial charge in [-0.2, -0.15) is 0 Å². The maximum atomic E-state index is 10.3. The van der Waals surface area contributed by atoms with Crippen LogP contribution in [0.2, 0.25) is 0 Å². The van der Waals surface area contributed by atoms with Gasteiger partial charge in [-0.1, -0.05) is 25.5 Å². The smallest absolute Gasteiger partial charge is 0.183 e. The van der Waals surface area contributed by atoms with Gasteiger partial charge in [-0.3, -0.25) is 0 Å². The number of hydrogen-bond acceptors (Lipinski definition) is 6. The van der Waals surface area contributed by atoms with Gasteiger partial charge in [-0.25, -0.2) is 4.98 Å². The summed E-state index contributed by atoms with van der Waals surface area (Å²) in [5, 5.41) is 14.4. The molecule has 0 bridgehead atoms. The molecule has 0 saturated carbocycles. The van der Waals surface area contributed by atoms with Crippen molar-refractivity contribution in [2.24, 2.45) is 0 Å². The third-order valence-electron chi connectivity index (χ3n) is 4.35. The van der Waals surface area contributed by atoms with Gasteiger partial charge in [0.25, 0.3) is 0 Å². The predicted molar refractivity (Wildman–Crippen MR) is 115 cm³/mol. The zero-order chi connectivity index (χ0) is 19.9. The molecule has 2 N–H and O–H groups in total. The van der Waals surface area contributed by atoms with Crippen LogP contribution in [0.3, 0.4) is 0 Å². The van der Waals surface area contributed by atoms with Crippen LogP contribution in [-0.2, 0) is 13.0 Å². The van der Waals surface area contributed by atoms with E-state index in [0.29, 0.717) is 18.9 Å². The van der Waals surface area contributed by atoms with E-state index in [4.69, 9.17) is 14.5 Å². The number of nitrogens with zero attached hydrogens (tertiary/aromatic N) is 1. The number of aryl methyl sites for hydroxylation is 1. The van der Waals surface area contributed by atoms with Crippen molar-refractivity contribution in [2.75, 3.05) is 19.0 Å². The fourth-order valence-electron chi connectivity index (χ4n) is 2.97.